The molecule has 0 aliphatic heterocycles. The Morgan fingerprint density at radius 3 is 2.67 bits per heavy atom. The smallest absolute Gasteiger partial charge is 0.269 e. The predicted molar refractivity (Wildman–Crippen MR) is 76.6 cm³/mol. The van der Waals surface area contributed by atoms with Gasteiger partial charge in [0.2, 0.25) is 5.91 Å². The Hall–Kier alpha value is -2.76. The maximum atomic E-state index is 13.0. The lowest BCUT2D eigenvalue weighted by Gasteiger charge is -2.08. The first-order chi connectivity index (χ1) is 9.95. The van der Waals surface area contributed by atoms with E-state index in [1.54, 1.807) is 13.0 Å². The highest BCUT2D eigenvalue weighted by molar-refractivity contribution is 5.93. The summed E-state index contributed by atoms with van der Waals surface area (Å²) < 4.78 is 13.0. The van der Waals surface area contributed by atoms with Crippen LogP contribution in [0.1, 0.15) is 11.1 Å². The van der Waals surface area contributed by atoms with E-state index >= 15 is 0 Å². The number of carbonyl (C=O) groups is 1. The van der Waals surface area contributed by atoms with E-state index in [0.29, 0.717) is 16.8 Å². The van der Waals surface area contributed by atoms with Crippen molar-refractivity contribution in [3.63, 3.8) is 0 Å². The normalized spacial score (nSPS) is 10.2. The van der Waals surface area contributed by atoms with Crippen LogP contribution < -0.4 is 5.32 Å². The Morgan fingerprint density at radius 1 is 1.29 bits per heavy atom. The average Bonchev–Trinajstić information content (AvgIpc) is 2.40. The average molecular weight is 288 g/mol. The van der Waals surface area contributed by atoms with Crippen molar-refractivity contribution >= 4 is 17.3 Å². The Balaban J connectivity index is 2.08. The first kappa shape index (κ1) is 14.6. The number of hydrogen-bond acceptors (Lipinski definition) is 3. The molecular weight excluding hydrogens is 275 g/mol. The molecule has 0 fully saturated rings. The topological polar surface area (TPSA) is 72.2 Å². The number of nitrogens with zero attached hydrogens (tertiary/aromatic N) is 1. The maximum Gasteiger partial charge on any atom is 0.269 e. The molecule has 1 N–H and O–H groups in total. The number of nitrogens with one attached hydrogen (secondary N) is 1. The molecule has 2 rings (SSSR count). The van der Waals surface area contributed by atoms with Crippen molar-refractivity contribution in [2.75, 3.05) is 5.32 Å². The summed E-state index contributed by atoms with van der Waals surface area (Å²) in [6.07, 6.45) is 0.0359. The van der Waals surface area contributed by atoms with Crippen LogP contribution in [0.5, 0.6) is 0 Å². The van der Waals surface area contributed by atoms with Crippen molar-refractivity contribution in [1.82, 2.24) is 0 Å². The van der Waals surface area contributed by atoms with E-state index in [2.05, 4.69) is 5.32 Å². The molecule has 108 valence electrons. The lowest BCUT2D eigenvalue weighted by molar-refractivity contribution is -0.384. The van der Waals surface area contributed by atoms with Gasteiger partial charge in [0.05, 0.1) is 11.3 Å². The molecular formula is C15H13FN2O3. The number of nitro groups is 1. The van der Waals surface area contributed by atoms with E-state index < -0.39 is 10.7 Å². The van der Waals surface area contributed by atoms with Gasteiger partial charge in [-0.25, -0.2) is 4.39 Å². The first-order valence-corrected chi connectivity index (χ1v) is 6.25. The Kier molecular flexibility index (Phi) is 4.27. The van der Waals surface area contributed by atoms with Gasteiger partial charge in [0.25, 0.3) is 5.69 Å². The van der Waals surface area contributed by atoms with Crippen LogP contribution in [0, 0.1) is 22.9 Å². The molecule has 0 radical (unpaired) electrons. The lowest BCUT2D eigenvalue weighted by atomic mass is 10.1. The number of amides is 1. The second kappa shape index (κ2) is 6.13. The molecule has 2 aromatic rings. The van der Waals surface area contributed by atoms with Crippen LogP contribution in [0.3, 0.4) is 0 Å². The van der Waals surface area contributed by atoms with Gasteiger partial charge < -0.3 is 5.32 Å². The predicted octanol–water partition coefficient (Wildman–Crippen LogP) is 3.22. The largest absolute Gasteiger partial charge is 0.326 e. The van der Waals surface area contributed by atoms with Crippen LogP contribution in [-0.4, -0.2) is 10.8 Å². The Morgan fingerprint density at radius 2 is 2.05 bits per heavy atom. The van der Waals surface area contributed by atoms with E-state index in [1.165, 1.54) is 36.4 Å². The molecule has 0 saturated heterocycles. The minimum Gasteiger partial charge on any atom is -0.326 e. The summed E-state index contributed by atoms with van der Waals surface area (Å²) in [6, 6.07) is 9.99. The summed E-state index contributed by atoms with van der Waals surface area (Å²) in [4.78, 5) is 22.0. The molecule has 6 heteroatoms. The Labute approximate surface area is 120 Å². The van der Waals surface area contributed by atoms with Gasteiger partial charge in [0, 0.05) is 17.8 Å². The van der Waals surface area contributed by atoms with Crippen molar-refractivity contribution in [2.45, 2.75) is 13.3 Å². The fourth-order valence-electron chi connectivity index (χ4n) is 1.93. The molecule has 2 aromatic carbocycles. The second-order valence-corrected chi connectivity index (χ2v) is 4.61. The molecule has 0 atom stereocenters. The van der Waals surface area contributed by atoms with E-state index in [4.69, 9.17) is 0 Å². The van der Waals surface area contributed by atoms with Crippen LogP contribution in [0.25, 0.3) is 0 Å². The van der Waals surface area contributed by atoms with Gasteiger partial charge in [-0.3, -0.25) is 14.9 Å². The molecule has 5 nitrogen and oxygen atoms in total. The highest BCUT2D eigenvalue weighted by Crippen LogP contribution is 2.21. The first-order valence-electron chi connectivity index (χ1n) is 6.25. The summed E-state index contributed by atoms with van der Waals surface area (Å²) in [7, 11) is 0. The quantitative estimate of drug-likeness (QED) is 0.693. The highest BCUT2D eigenvalue weighted by Gasteiger charge is 2.10. The number of benzene rings is 2. The summed E-state index contributed by atoms with van der Waals surface area (Å²) in [5.74, 6) is -0.704. The third-order valence-electron chi connectivity index (χ3n) is 2.95. The standard InChI is InChI=1S/C15H13FN2O3/c1-10-7-13(18(20)21)5-6-14(10)17-15(19)9-11-3-2-4-12(16)8-11/h2-8H,9H2,1H3,(H,17,19). The third kappa shape index (κ3) is 3.85. The van der Waals surface area contributed by atoms with Gasteiger partial charge >= 0.3 is 0 Å². The monoisotopic (exact) mass is 288 g/mol. The third-order valence-corrected chi connectivity index (χ3v) is 2.95. The molecule has 0 aliphatic carbocycles. The minimum absolute atomic E-state index is 0.0318. The van der Waals surface area contributed by atoms with Crippen molar-refractivity contribution in [3.8, 4) is 0 Å². The molecule has 0 heterocycles. The zero-order valence-electron chi connectivity index (χ0n) is 11.3. The van der Waals surface area contributed by atoms with Gasteiger partial charge in [0.15, 0.2) is 0 Å². The number of halogens is 1. The molecule has 0 aromatic heterocycles. The summed E-state index contributed by atoms with van der Waals surface area (Å²) in [5.41, 5.74) is 1.63. The zero-order valence-corrected chi connectivity index (χ0v) is 11.3. The van der Waals surface area contributed by atoms with Crippen LogP contribution in [0.4, 0.5) is 15.8 Å². The van der Waals surface area contributed by atoms with Crippen molar-refractivity contribution in [2.24, 2.45) is 0 Å². The second-order valence-electron chi connectivity index (χ2n) is 4.61. The highest BCUT2D eigenvalue weighted by atomic mass is 19.1. The molecule has 1 amide bonds. The number of rotatable bonds is 4. The number of nitro benzene ring substituents is 1. The SMILES string of the molecule is Cc1cc([N+](=O)[O-])ccc1NC(=O)Cc1cccc(F)c1. The van der Waals surface area contributed by atoms with E-state index in [0.717, 1.165) is 0 Å². The molecule has 0 unspecified atom stereocenters. The fraction of sp³-hybridized carbons (Fsp3) is 0.133. The van der Waals surface area contributed by atoms with Crippen LogP contribution in [0.2, 0.25) is 0 Å². The maximum absolute atomic E-state index is 13.0. The van der Waals surface area contributed by atoms with E-state index in [-0.39, 0.29) is 18.0 Å². The molecule has 0 spiro atoms. The zero-order chi connectivity index (χ0) is 15.4. The van der Waals surface area contributed by atoms with Crippen molar-refractivity contribution in [1.29, 1.82) is 0 Å². The number of aryl methyl sites for hydroxylation is 1. The summed E-state index contributed by atoms with van der Waals surface area (Å²) in [6.45, 7) is 1.67. The van der Waals surface area contributed by atoms with Crippen molar-refractivity contribution in [3.05, 3.63) is 69.5 Å². The van der Waals surface area contributed by atoms with Crippen LogP contribution in [0.15, 0.2) is 42.5 Å². The number of carbonyl (C=O) groups excluding carboxylic acids is 1. The minimum atomic E-state index is -0.495. The van der Waals surface area contributed by atoms with Gasteiger partial charge in [0.1, 0.15) is 5.82 Å². The number of anilines is 1. The van der Waals surface area contributed by atoms with Gasteiger partial charge in [-0.15, -0.1) is 0 Å². The van der Waals surface area contributed by atoms with Gasteiger partial charge in [-0.05, 0) is 36.2 Å². The molecule has 0 saturated carbocycles. The van der Waals surface area contributed by atoms with Crippen LogP contribution in [-0.2, 0) is 11.2 Å². The van der Waals surface area contributed by atoms with Gasteiger partial charge in [-0.2, -0.15) is 0 Å². The number of non-ortho nitro benzene ring substituents is 1. The number of hydrogen-bond donors (Lipinski definition) is 1. The molecule has 21 heavy (non-hydrogen) atoms. The molecule has 0 aliphatic rings. The van der Waals surface area contributed by atoms with Gasteiger partial charge in [-0.1, -0.05) is 12.1 Å². The summed E-state index contributed by atoms with van der Waals surface area (Å²) in [5, 5.41) is 13.3. The summed E-state index contributed by atoms with van der Waals surface area (Å²) >= 11 is 0. The van der Waals surface area contributed by atoms with E-state index in [1.807, 2.05) is 0 Å². The Bertz CT molecular complexity index is 701. The molecule has 0 bridgehead atoms. The van der Waals surface area contributed by atoms with E-state index in [9.17, 15) is 19.3 Å². The van der Waals surface area contributed by atoms with Crippen molar-refractivity contribution < 1.29 is 14.1 Å². The van der Waals surface area contributed by atoms with Crippen LogP contribution >= 0.6 is 0 Å². The lowest BCUT2D eigenvalue weighted by Crippen LogP contribution is -2.15. The fourth-order valence-corrected chi connectivity index (χ4v) is 1.93.